The molecular formula is C19H19ClN4O. The molecule has 0 bridgehead atoms. The molecule has 3 aromatic rings. The molecule has 0 unspecified atom stereocenters. The lowest BCUT2D eigenvalue weighted by Crippen LogP contribution is -2.04. The highest BCUT2D eigenvalue weighted by Gasteiger charge is 2.04. The highest BCUT2D eigenvalue weighted by molar-refractivity contribution is 6.30. The number of methoxy groups -OCH3 is 1. The van der Waals surface area contributed by atoms with E-state index in [0.29, 0.717) is 17.5 Å². The summed E-state index contributed by atoms with van der Waals surface area (Å²) in [6.07, 6.45) is 1.72. The number of hydrogen-bond acceptors (Lipinski definition) is 5. The second-order valence-corrected chi connectivity index (χ2v) is 5.99. The van der Waals surface area contributed by atoms with Gasteiger partial charge in [-0.2, -0.15) is 4.98 Å². The van der Waals surface area contributed by atoms with Gasteiger partial charge in [0.1, 0.15) is 11.6 Å². The molecule has 5 nitrogen and oxygen atoms in total. The number of benzene rings is 2. The van der Waals surface area contributed by atoms with Gasteiger partial charge in [0.2, 0.25) is 5.95 Å². The molecule has 0 saturated heterocycles. The lowest BCUT2D eigenvalue weighted by molar-refractivity contribution is 0.414. The van der Waals surface area contributed by atoms with Gasteiger partial charge in [-0.3, -0.25) is 0 Å². The van der Waals surface area contributed by atoms with Crippen molar-refractivity contribution in [2.24, 2.45) is 0 Å². The van der Waals surface area contributed by atoms with Gasteiger partial charge in [-0.05, 0) is 54.4 Å². The number of ether oxygens (including phenoxy) is 1. The molecule has 0 aliphatic heterocycles. The Bertz CT molecular complexity index is 852. The number of anilines is 3. The Balaban J connectivity index is 1.66. The molecule has 1 aromatic heterocycles. The van der Waals surface area contributed by atoms with Crippen LogP contribution >= 0.6 is 11.6 Å². The topological polar surface area (TPSA) is 59.1 Å². The summed E-state index contributed by atoms with van der Waals surface area (Å²) in [4.78, 5) is 8.75. The monoisotopic (exact) mass is 354 g/mol. The third kappa shape index (κ3) is 4.61. The maximum atomic E-state index is 5.99. The smallest absolute Gasteiger partial charge is 0.229 e. The van der Waals surface area contributed by atoms with E-state index >= 15 is 0 Å². The summed E-state index contributed by atoms with van der Waals surface area (Å²) in [6, 6.07) is 15.4. The number of hydrogen-bond donors (Lipinski definition) is 2. The van der Waals surface area contributed by atoms with Gasteiger partial charge in [0.05, 0.1) is 7.11 Å². The first-order valence-corrected chi connectivity index (χ1v) is 8.25. The van der Waals surface area contributed by atoms with E-state index < -0.39 is 0 Å². The maximum Gasteiger partial charge on any atom is 0.229 e. The minimum atomic E-state index is 0.533. The summed E-state index contributed by atoms with van der Waals surface area (Å²) in [5, 5.41) is 7.22. The van der Waals surface area contributed by atoms with E-state index in [0.717, 1.165) is 28.4 Å². The van der Waals surface area contributed by atoms with Crippen molar-refractivity contribution in [2.75, 3.05) is 17.7 Å². The van der Waals surface area contributed by atoms with Crippen molar-refractivity contribution in [3.63, 3.8) is 0 Å². The normalized spacial score (nSPS) is 10.4. The maximum absolute atomic E-state index is 5.99. The van der Waals surface area contributed by atoms with Crippen LogP contribution in [-0.4, -0.2) is 17.1 Å². The van der Waals surface area contributed by atoms with Crippen LogP contribution in [0, 0.1) is 6.92 Å². The Morgan fingerprint density at radius 1 is 1.08 bits per heavy atom. The Morgan fingerprint density at radius 3 is 2.60 bits per heavy atom. The van der Waals surface area contributed by atoms with Gasteiger partial charge in [-0.15, -0.1) is 0 Å². The molecule has 3 rings (SSSR count). The molecule has 0 saturated carbocycles. The zero-order valence-corrected chi connectivity index (χ0v) is 14.8. The zero-order valence-electron chi connectivity index (χ0n) is 14.1. The van der Waals surface area contributed by atoms with Gasteiger partial charge >= 0.3 is 0 Å². The minimum Gasteiger partial charge on any atom is -0.497 e. The van der Waals surface area contributed by atoms with Crippen molar-refractivity contribution >= 4 is 29.1 Å². The van der Waals surface area contributed by atoms with Crippen LogP contribution in [-0.2, 0) is 6.54 Å². The van der Waals surface area contributed by atoms with Crippen LogP contribution in [0.25, 0.3) is 0 Å². The van der Waals surface area contributed by atoms with Crippen LogP contribution in [0.15, 0.2) is 54.7 Å². The van der Waals surface area contributed by atoms with E-state index in [2.05, 4.69) is 20.6 Å². The zero-order chi connectivity index (χ0) is 17.6. The van der Waals surface area contributed by atoms with Gasteiger partial charge < -0.3 is 15.4 Å². The molecule has 2 aromatic carbocycles. The molecule has 1 heterocycles. The first kappa shape index (κ1) is 17.0. The summed E-state index contributed by atoms with van der Waals surface area (Å²) >= 11 is 5.99. The first-order chi connectivity index (χ1) is 12.1. The average Bonchev–Trinajstić information content (AvgIpc) is 2.63. The van der Waals surface area contributed by atoms with Gasteiger partial charge in [-0.1, -0.05) is 23.7 Å². The minimum absolute atomic E-state index is 0.533. The third-order valence-corrected chi connectivity index (χ3v) is 3.96. The van der Waals surface area contributed by atoms with Crippen LogP contribution < -0.4 is 15.4 Å². The molecule has 6 heteroatoms. The lowest BCUT2D eigenvalue weighted by Gasteiger charge is -2.10. The van der Waals surface area contributed by atoms with E-state index in [1.165, 1.54) is 0 Å². The van der Waals surface area contributed by atoms with Crippen LogP contribution in [0.5, 0.6) is 5.75 Å². The van der Waals surface area contributed by atoms with Crippen molar-refractivity contribution in [1.29, 1.82) is 0 Å². The Hall–Kier alpha value is -2.79. The van der Waals surface area contributed by atoms with Gasteiger partial charge in [0.25, 0.3) is 0 Å². The predicted octanol–water partition coefficient (Wildman–Crippen LogP) is 4.80. The Morgan fingerprint density at radius 2 is 1.88 bits per heavy atom. The molecule has 128 valence electrons. The number of nitrogens with zero attached hydrogens (tertiary/aromatic N) is 2. The standard InChI is InChI=1S/C19H19ClN4O/c1-13-11-15(20)5-8-17(13)23-19-21-10-9-18(24-19)22-12-14-3-6-16(25-2)7-4-14/h3-11H,12H2,1-2H3,(H2,21,22,23,24). The first-order valence-electron chi connectivity index (χ1n) is 7.87. The molecule has 0 aliphatic rings. The van der Waals surface area contributed by atoms with Crippen LogP contribution in [0.2, 0.25) is 5.02 Å². The van der Waals surface area contributed by atoms with E-state index in [9.17, 15) is 0 Å². The lowest BCUT2D eigenvalue weighted by atomic mass is 10.2. The van der Waals surface area contributed by atoms with Crippen molar-refractivity contribution in [3.8, 4) is 5.75 Å². The summed E-state index contributed by atoms with van der Waals surface area (Å²) in [5.74, 6) is 2.13. The number of nitrogens with one attached hydrogen (secondary N) is 2. The van der Waals surface area contributed by atoms with Gasteiger partial charge in [0.15, 0.2) is 0 Å². The Labute approximate surface area is 152 Å². The number of halogens is 1. The fourth-order valence-corrected chi connectivity index (χ4v) is 2.57. The summed E-state index contributed by atoms with van der Waals surface area (Å²) in [6.45, 7) is 2.65. The molecule has 0 aliphatic carbocycles. The van der Waals surface area contributed by atoms with Crippen LogP contribution in [0.4, 0.5) is 17.5 Å². The average molecular weight is 355 g/mol. The molecule has 0 radical (unpaired) electrons. The SMILES string of the molecule is COc1ccc(CNc2ccnc(Nc3ccc(Cl)cc3C)n2)cc1. The largest absolute Gasteiger partial charge is 0.497 e. The fourth-order valence-electron chi connectivity index (χ4n) is 2.34. The highest BCUT2D eigenvalue weighted by atomic mass is 35.5. The molecule has 2 N–H and O–H groups in total. The van der Waals surface area contributed by atoms with E-state index in [1.807, 2.05) is 55.5 Å². The molecule has 0 atom stereocenters. The fraction of sp³-hybridized carbons (Fsp3) is 0.158. The van der Waals surface area contributed by atoms with Crippen molar-refractivity contribution in [1.82, 2.24) is 9.97 Å². The van der Waals surface area contributed by atoms with E-state index in [1.54, 1.807) is 13.3 Å². The molecule has 0 fully saturated rings. The van der Waals surface area contributed by atoms with E-state index in [-0.39, 0.29) is 0 Å². The summed E-state index contributed by atoms with van der Waals surface area (Å²) in [7, 11) is 1.66. The highest BCUT2D eigenvalue weighted by Crippen LogP contribution is 2.22. The Kier molecular flexibility index (Phi) is 5.36. The van der Waals surface area contributed by atoms with Crippen molar-refractivity contribution in [3.05, 3.63) is 70.9 Å². The number of aromatic nitrogens is 2. The summed E-state index contributed by atoms with van der Waals surface area (Å²) < 4.78 is 5.16. The van der Waals surface area contributed by atoms with Crippen LogP contribution in [0.1, 0.15) is 11.1 Å². The molecule has 0 amide bonds. The third-order valence-electron chi connectivity index (χ3n) is 3.72. The molecular weight excluding hydrogens is 336 g/mol. The predicted molar refractivity (Wildman–Crippen MR) is 102 cm³/mol. The second-order valence-electron chi connectivity index (χ2n) is 5.55. The van der Waals surface area contributed by atoms with Crippen molar-refractivity contribution in [2.45, 2.75) is 13.5 Å². The van der Waals surface area contributed by atoms with Gasteiger partial charge in [0, 0.05) is 23.5 Å². The van der Waals surface area contributed by atoms with Crippen molar-refractivity contribution < 1.29 is 4.74 Å². The van der Waals surface area contributed by atoms with Gasteiger partial charge in [-0.25, -0.2) is 4.98 Å². The molecule has 0 spiro atoms. The quantitative estimate of drug-likeness (QED) is 0.665. The number of rotatable bonds is 6. The van der Waals surface area contributed by atoms with E-state index in [4.69, 9.17) is 16.3 Å². The molecule has 25 heavy (non-hydrogen) atoms. The van der Waals surface area contributed by atoms with Crippen LogP contribution in [0.3, 0.4) is 0 Å². The second kappa shape index (κ2) is 7.85. The number of aryl methyl sites for hydroxylation is 1. The summed E-state index contributed by atoms with van der Waals surface area (Å²) in [5.41, 5.74) is 3.10.